The summed E-state index contributed by atoms with van der Waals surface area (Å²) in [5, 5.41) is 0. The average molecular weight is 235 g/mol. The van der Waals surface area contributed by atoms with E-state index in [0.717, 1.165) is 12.8 Å². The Hall–Kier alpha value is -1.22. The number of ketones is 1. The number of hydrogen-bond donors (Lipinski definition) is 0. The fraction of sp³-hybridized carbons (Fsp3) is 0.571. The molecule has 1 aromatic rings. The Bertz CT molecular complexity index is 341. The maximum Gasteiger partial charge on any atom is 0.163 e. The van der Waals surface area contributed by atoms with Crippen molar-refractivity contribution in [2.45, 2.75) is 33.6 Å². The highest BCUT2D eigenvalue weighted by Gasteiger charge is 2.20. The molecule has 1 heterocycles. The van der Waals surface area contributed by atoms with E-state index in [9.17, 15) is 4.79 Å². The number of hydrogen-bond acceptors (Lipinski definition) is 3. The lowest BCUT2D eigenvalue weighted by atomic mass is 9.91. The molecule has 0 amide bonds. The minimum Gasteiger partial charge on any atom is -0.374 e. The Balaban J connectivity index is 2.12. The predicted molar refractivity (Wildman–Crippen MR) is 67.8 cm³/mol. The van der Waals surface area contributed by atoms with Gasteiger partial charge in [0.2, 0.25) is 0 Å². The first-order valence-corrected chi connectivity index (χ1v) is 6.00. The van der Waals surface area contributed by atoms with Crippen LogP contribution in [0.15, 0.2) is 24.5 Å². The number of rotatable bonds is 6. The lowest BCUT2D eigenvalue weighted by Gasteiger charge is -2.16. The van der Waals surface area contributed by atoms with E-state index >= 15 is 0 Å². The summed E-state index contributed by atoms with van der Waals surface area (Å²) in [6.45, 7) is 6.59. The lowest BCUT2D eigenvalue weighted by Crippen LogP contribution is -2.25. The Morgan fingerprint density at radius 3 is 2.53 bits per heavy atom. The normalized spacial score (nSPS) is 11.5. The van der Waals surface area contributed by atoms with Crippen molar-refractivity contribution in [3.05, 3.63) is 30.1 Å². The zero-order chi connectivity index (χ0) is 12.7. The first-order valence-electron chi connectivity index (χ1n) is 6.00. The van der Waals surface area contributed by atoms with E-state index in [1.807, 2.05) is 32.9 Å². The lowest BCUT2D eigenvalue weighted by molar-refractivity contribution is -0.131. The van der Waals surface area contributed by atoms with E-state index in [2.05, 4.69) is 4.98 Å². The van der Waals surface area contributed by atoms with Crippen molar-refractivity contribution in [2.24, 2.45) is 5.41 Å². The number of aryl methyl sites for hydroxylation is 1. The molecule has 0 bridgehead atoms. The summed E-state index contributed by atoms with van der Waals surface area (Å²) >= 11 is 0. The van der Waals surface area contributed by atoms with Gasteiger partial charge in [0.05, 0.1) is 0 Å². The first kappa shape index (κ1) is 13.8. The van der Waals surface area contributed by atoms with Gasteiger partial charge in [-0.2, -0.15) is 0 Å². The number of pyridine rings is 1. The van der Waals surface area contributed by atoms with Crippen LogP contribution in [0.4, 0.5) is 0 Å². The molecular formula is C14H21NO2. The van der Waals surface area contributed by atoms with Crippen LogP contribution in [0.1, 0.15) is 32.8 Å². The highest BCUT2D eigenvalue weighted by molar-refractivity contribution is 5.84. The van der Waals surface area contributed by atoms with Crippen molar-refractivity contribution in [1.29, 1.82) is 0 Å². The van der Waals surface area contributed by atoms with Crippen LogP contribution in [0.3, 0.4) is 0 Å². The molecule has 0 aromatic carbocycles. The molecule has 0 fully saturated rings. The third-order valence-corrected chi connectivity index (χ3v) is 2.57. The van der Waals surface area contributed by atoms with Gasteiger partial charge in [-0.15, -0.1) is 0 Å². The number of aromatic nitrogens is 1. The van der Waals surface area contributed by atoms with Crippen LogP contribution >= 0.6 is 0 Å². The Kier molecular flexibility index (Phi) is 5.29. The van der Waals surface area contributed by atoms with Gasteiger partial charge in [0.25, 0.3) is 0 Å². The maximum absolute atomic E-state index is 11.6. The third-order valence-electron chi connectivity index (χ3n) is 2.57. The van der Waals surface area contributed by atoms with Gasteiger partial charge in [0, 0.05) is 24.4 Å². The Morgan fingerprint density at radius 2 is 1.94 bits per heavy atom. The third kappa shape index (κ3) is 5.59. The molecule has 0 saturated heterocycles. The van der Waals surface area contributed by atoms with Crippen molar-refractivity contribution in [3.63, 3.8) is 0 Å². The van der Waals surface area contributed by atoms with Gasteiger partial charge < -0.3 is 4.74 Å². The number of carbonyl (C=O) groups is 1. The molecule has 94 valence electrons. The van der Waals surface area contributed by atoms with Crippen LogP contribution < -0.4 is 0 Å². The van der Waals surface area contributed by atoms with Crippen LogP contribution in [-0.2, 0) is 16.0 Å². The Morgan fingerprint density at radius 1 is 1.29 bits per heavy atom. The molecule has 0 aliphatic carbocycles. The Labute approximate surface area is 103 Å². The van der Waals surface area contributed by atoms with Crippen molar-refractivity contribution in [1.82, 2.24) is 4.98 Å². The molecule has 17 heavy (non-hydrogen) atoms. The zero-order valence-corrected chi connectivity index (χ0v) is 10.9. The van der Waals surface area contributed by atoms with Crippen molar-refractivity contribution < 1.29 is 9.53 Å². The van der Waals surface area contributed by atoms with Gasteiger partial charge in [-0.25, -0.2) is 0 Å². The topological polar surface area (TPSA) is 39.2 Å². The minimum atomic E-state index is -0.300. The van der Waals surface area contributed by atoms with Crippen molar-refractivity contribution in [2.75, 3.05) is 13.2 Å². The van der Waals surface area contributed by atoms with Crippen molar-refractivity contribution in [3.8, 4) is 0 Å². The maximum atomic E-state index is 11.6. The molecule has 0 unspecified atom stereocenters. The van der Waals surface area contributed by atoms with E-state index in [1.54, 1.807) is 12.4 Å². The molecule has 0 aliphatic heterocycles. The van der Waals surface area contributed by atoms with Gasteiger partial charge in [-0.05, 0) is 30.5 Å². The fourth-order valence-corrected chi connectivity index (χ4v) is 1.31. The van der Waals surface area contributed by atoms with E-state index in [1.165, 1.54) is 5.56 Å². The smallest absolute Gasteiger partial charge is 0.163 e. The van der Waals surface area contributed by atoms with Gasteiger partial charge in [-0.1, -0.05) is 20.8 Å². The van der Waals surface area contributed by atoms with E-state index in [4.69, 9.17) is 4.74 Å². The predicted octanol–water partition coefficient (Wildman–Crippen LogP) is 2.65. The number of nitrogens with zero attached hydrogens (tertiary/aromatic N) is 1. The van der Waals surface area contributed by atoms with Crippen LogP contribution in [0, 0.1) is 5.41 Å². The van der Waals surface area contributed by atoms with Gasteiger partial charge in [0.15, 0.2) is 5.78 Å². The van der Waals surface area contributed by atoms with E-state index in [0.29, 0.717) is 6.61 Å². The molecular weight excluding hydrogens is 214 g/mol. The standard InChI is InChI=1S/C14H21NO2/c1-14(2,3)13(16)11-17-10-4-5-12-6-8-15-9-7-12/h6-9H,4-5,10-11H2,1-3H3. The van der Waals surface area contributed by atoms with Crippen LogP contribution in [0.25, 0.3) is 0 Å². The second-order valence-corrected chi connectivity index (χ2v) is 5.18. The van der Waals surface area contributed by atoms with Gasteiger partial charge >= 0.3 is 0 Å². The van der Waals surface area contributed by atoms with Gasteiger partial charge in [0.1, 0.15) is 6.61 Å². The monoisotopic (exact) mass is 235 g/mol. The summed E-state index contributed by atoms with van der Waals surface area (Å²) in [6.07, 6.45) is 5.48. The fourth-order valence-electron chi connectivity index (χ4n) is 1.31. The van der Waals surface area contributed by atoms with Crippen LogP contribution in [0.5, 0.6) is 0 Å². The van der Waals surface area contributed by atoms with Crippen LogP contribution in [0.2, 0.25) is 0 Å². The molecule has 3 heteroatoms. The SMILES string of the molecule is CC(C)(C)C(=O)COCCCc1ccncc1. The quantitative estimate of drug-likeness (QED) is 0.711. The second kappa shape index (κ2) is 6.50. The molecule has 0 radical (unpaired) electrons. The zero-order valence-electron chi connectivity index (χ0n) is 10.9. The van der Waals surface area contributed by atoms with E-state index in [-0.39, 0.29) is 17.8 Å². The highest BCUT2D eigenvalue weighted by atomic mass is 16.5. The molecule has 1 aromatic heterocycles. The van der Waals surface area contributed by atoms with Crippen molar-refractivity contribution >= 4 is 5.78 Å². The molecule has 1 rings (SSSR count). The average Bonchev–Trinajstić information content (AvgIpc) is 2.28. The van der Waals surface area contributed by atoms with E-state index < -0.39 is 0 Å². The number of Topliss-reactive ketones (excluding diaryl/α,β-unsaturated/α-hetero) is 1. The molecule has 3 nitrogen and oxygen atoms in total. The summed E-state index contributed by atoms with van der Waals surface area (Å²) in [4.78, 5) is 15.5. The summed E-state index contributed by atoms with van der Waals surface area (Å²) < 4.78 is 5.38. The minimum absolute atomic E-state index is 0.154. The number of carbonyl (C=O) groups excluding carboxylic acids is 1. The van der Waals surface area contributed by atoms with Crippen LogP contribution in [-0.4, -0.2) is 24.0 Å². The molecule has 0 atom stereocenters. The highest BCUT2D eigenvalue weighted by Crippen LogP contribution is 2.14. The molecule has 0 spiro atoms. The first-order chi connectivity index (χ1) is 8.00. The van der Waals surface area contributed by atoms with Gasteiger partial charge in [-0.3, -0.25) is 9.78 Å². The molecule has 0 saturated carbocycles. The molecule has 0 aliphatic rings. The summed E-state index contributed by atoms with van der Waals surface area (Å²) in [7, 11) is 0. The second-order valence-electron chi connectivity index (χ2n) is 5.18. The largest absolute Gasteiger partial charge is 0.374 e. The summed E-state index contributed by atoms with van der Waals surface area (Å²) in [5.41, 5.74) is 0.955. The summed E-state index contributed by atoms with van der Waals surface area (Å²) in [5.74, 6) is 0.154. The molecule has 0 N–H and O–H groups in total. The number of ether oxygens (including phenoxy) is 1. The summed E-state index contributed by atoms with van der Waals surface area (Å²) in [6, 6.07) is 4.00.